The summed E-state index contributed by atoms with van der Waals surface area (Å²) in [6.45, 7) is 5.77. The summed E-state index contributed by atoms with van der Waals surface area (Å²) >= 11 is 1.76. The molecule has 0 amide bonds. The normalized spacial score (nSPS) is 19.7. The van der Waals surface area contributed by atoms with Crippen LogP contribution in [-0.4, -0.2) is 29.1 Å². The summed E-state index contributed by atoms with van der Waals surface area (Å²) in [5.74, 6) is -0.306. The van der Waals surface area contributed by atoms with E-state index in [1.807, 2.05) is 0 Å². The number of carbonyl (C=O) groups is 1. The van der Waals surface area contributed by atoms with Crippen LogP contribution in [-0.2, 0) is 4.79 Å². The lowest BCUT2D eigenvalue weighted by Gasteiger charge is -2.43. The van der Waals surface area contributed by atoms with Crippen molar-refractivity contribution in [3.63, 3.8) is 0 Å². The van der Waals surface area contributed by atoms with Gasteiger partial charge in [-0.3, -0.25) is 9.69 Å². The molecule has 1 aliphatic heterocycles. The Labute approximate surface area is 99.7 Å². The number of nitrogens with zero attached hydrogens (tertiary/aromatic N) is 1. The van der Waals surface area contributed by atoms with Crippen LogP contribution in [0.25, 0.3) is 0 Å². The Balaban J connectivity index is 2.04. The molecule has 4 heteroatoms. The zero-order valence-corrected chi connectivity index (χ0v) is 10.4. The summed E-state index contributed by atoms with van der Waals surface area (Å²) in [7, 11) is 0. The first-order chi connectivity index (χ1) is 7.59. The molecule has 1 N–H and O–H groups in total. The Bertz CT molecular complexity index is 355. The van der Waals surface area contributed by atoms with Gasteiger partial charge in [-0.2, -0.15) is 0 Å². The minimum absolute atomic E-state index is 0.166. The van der Waals surface area contributed by atoms with E-state index in [1.54, 1.807) is 11.3 Å². The SMILES string of the molecule is CC(C)C(c1cccs1)N1CC(C(=O)O)C1. The number of hydrogen-bond acceptors (Lipinski definition) is 3. The summed E-state index contributed by atoms with van der Waals surface area (Å²) in [6, 6.07) is 4.59. The van der Waals surface area contributed by atoms with Gasteiger partial charge in [0.2, 0.25) is 0 Å². The number of hydrogen-bond donors (Lipinski definition) is 1. The first kappa shape index (κ1) is 11.6. The molecule has 1 atom stereocenters. The highest BCUT2D eigenvalue weighted by Gasteiger charge is 2.38. The van der Waals surface area contributed by atoms with Crippen molar-refractivity contribution >= 4 is 17.3 Å². The van der Waals surface area contributed by atoms with Gasteiger partial charge in [-0.15, -0.1) is 11.3 Å². The Morgan fingerprint density at radius 2 is 2.25 bits per heavy atom. The molecule has 2 heterocycles. The van der Waals surface area contributed by atoms with Crippen molar-refractivity contribution in [3.05, 3.63) is 22.4 Å². The molecular weight excluding hydrogens is 222 g/mol. The zero-order valence-electron chi connectivity index (χ0n) is 9.59. The van der Waals surface area contributed by atoms with E-state index in [1.165, 1.54) is 4.88 Å². The van der Waals surface area contributed by atoms with Crippen LogP contribution >= 0.6 is 11.3 Å². The van der Waals surface area contributed by atoms with Gasteiger partial charge in [0.25, 0.3) is 0 Å². The summed E-state index contributed by atoms with van der Waals surface area (Å²) in [5, 5.41) is 11.0. The van der Waals surface area contributed by atoms with Crippen LogP contribution in [0.5, 0.6) is 0 Å². The second kappa shape index (κ2) is 4.55. The molecule has 1 unspecified atom stereocenters. The maximum atomic E-state index is 10.8. The predicted octanol–water partition coefficient (Wildman–Crippen LogP) is 2.46. The highest BCUT2D eigenvalue weighted by atomic mass is 32.1. The first-order valence-electron chi connectivity index (χ1n) is 5.60. The number of carboxylic acids is 1. The molecule has 0 aliphatic carbocycles. The topological polar surface area (TPSA) is 40.5 Å². The zero-order chi connectivity index (χ0) is 11.7. The fourth-order valence-electron chi connectivity index (χ4n) is 2.29. The number of likely N-dealkylation sites (tertiary alicyclic amines) is 1. The van der Waals surface area contributed by atoms with Gasteiger partial charge in [0.1, 0.15) is 0 Å². The van der Waals surface area contributed by atoms with E-state index in [2.05, 4.69) is 36.3 Å². The van der Waals surface area contributed by atoms with E-state index >= 15 is 0 Å². The van der Waals surface area contributed by atoms with E-state index < -0.39 is 5.97 Å². The molecular formula is C12H17NO2S. The summed E-state index contributed by atoms with van der Waals surface area (Å²) in [6.07, 6.45) is 0. The average Bonchev–Trinajstić information content (AvgIpc) is 2.60. The molecule has 88 valence electrons. The Hall–Kier alpha value is -0.870. The lowest BCUT2D eigenvalue weighted by atomic mass is 9.92. The van der Waals surface area contributed by atoms with Gasteiger partial charge in [-0.1, -0.05) is 19.9 Å². The van der Waals surface area contributed by atoms with Gasteiger partial charge in [0.15, 0.2) is 0 Å². The van der Waals surface area contributed by atoms with Gasteiger partial charge in [-0.05, 0) is 17.4 Å². The maximum absolute atomic E-state index is 10.8. The highest BCUT2D eigenvalue weighted by molar-refractivity contribution is 7.10. The molecule has 2 rings (SSSR count). The molecule has 0 bridgehead atoms. The van der Waals surface area contributed by atoms with E-state index in [-0.39, 0.29) is 5.92 Å². The average molecular weight is 239 g/mol. The molecule has 1 aliphatic rings. The fraction of sp³-hybridized carbons (Fsp3) is 0.583. The summed E-state index contributed by atoms with van der Waals surface area (Å²) in [5.41, 5.74) is 0. The van der Waals surface area contributed by atoms with Gasteiger partial charge < -0.3 is 5.11 Å². The molecule has 0 spiro atoms. The highest BCUT2D eigenvalue weighted by Crippen LogP contribution is 2.36. The van der Waals surface area contributed by atoms with Crippen molar-refractivity contribution in [1.82, 2.24) is 4.90 Å². The van der Waals surface area contributed by atoms with E-state index in [0.29, 0.717) is 25.0 Å². The fourth-order valence-corrected chi connectivity index (χ4v) is 3.32. The first-order valence-corrected chi connectivity index (χ1v) is 6.48. The number of thiophene rings is 1. The molecule has 0 aromatic carbocycles. The van der Waals surface area contributed by atoms with Crippen LogP contribution in [0.3, 0.4) is 0 Å². The Morgan fingerprint density at radius 3 is 2.69 bits per heavy atom. The second-order valence-electron chi connectivity index (χ2n) is 4.69. The quantitative estimate of drug-likeness (QED) is 0.877. The van der Waals surface area contributed by atoms with Crippen molar-refractivity contribution in [2.24, 2.45) is 11.8 Å². The maximum Gasteiger partial charge on any atom is 0.309 e. The number of carboxylic acid groups (broad SMARTS) is 1. The molecule has 1 saturated heterocycles. The molecule has 1 aromatic heterocycles. The van der Waals surface area contributed by atoms with E-state index in [4.69, 9.17) is 5.11 Å². The molecule has 16 heavy (non-hydrogen) atoms. The van der Waals surface area contributed by atoms with E-state index in [9.17, 15) is 4.79 Å². The molecule has 3 nitrogen and oxygen atoms in total. The Morgan fingerprint density at radius 1 is 1.56 bits per heavy atom. The smallest absolute Gasteiger partial charge is 0.309 e. The largest absolute Gasteiger partial charge is 0.481 e. The lowest BCUT2D eigenvalue weighted by molar-refractivity contribution is -0.149. The third-order valence-electron chi connectivity index (χ3n) is 3.12. The van der Waals surface area contributed by atoms with Crippen molar-refractivity contribution in [2.45, 2.75) is 19.9 Å². The monoisotopic (exact) mass is 239 g/mol. The lowest BCUT2D eigenvalue weighted by Crippen LogP contribution is -2.52. The predicted molar refractivity (Wildman–Crippen MR) is 64.6 cm³/mol. The standard InChI is InChI=1S/C12H17NO2S/c1-8(2)11(10-4-3-5-16-10)13-6-9(7-13)12(14)15/h3-5,8-9,11H,6-7H2,1-2H3,(H,14,15). The van der Waals surface area contributed by atoms with Gasteiger partial charge in [-0.25, -0.2) is 0 Å². The molecule has 0 radical (unpaired) electrons. The summed E-state index contributed by atoms with van der Waals surface area (Å²) in [4.78, 5) is 14.4. The minimum Gasteiger partial charge on any atom is -0.481 e. The van der Waals surface area contributed by atoms with Crippen LogP contribution in [0.2, 0.25) is 0 Å². The van der Waals surface area contributed by atoms with E-state index in [0.717, 1.165) is 0 Å². The van der Waals surface area contributed by atoms with Crippen molar-refractivity contribution in [1.29, 1.82) is 0 Å². The van der Waals surface area contributed by atoms with Crippen molar-refractivity contribution < 1.29 is 9.90 Å². The molecule has 1 fully saturated rings. The van der Waals surface area contributed by atoms with Crippen LogP contribution in [0, 0.1) is 11.8 Å². The van der Waals surface area contributed by atoms with Crippen LogP contribution < -0.4 is 0 Å². The van der Waals surface area contributed by atoms with Gasteiger partial charge >= 0.3 is 5.97 Å². The Kier molecular flexibility index (Phi) is 3.30. The van der Waals surface area contributed by atoms with Crippen LogP contribution in [0.1, 0.15) is 24.8 Å². The number of aliphatic carboxylic acids is 1. The third kappa shape index (κ3) is 2.13. The summed E-state index contributed by atoms with van der Waals surface area (Å²) < 4.78 is 0. The molecule has 0 saturated carbocycles. The third-order valence-corrected chi connectivity index (χ3v) is 4.06. The van der Waals surface area contributed by atoms with Gasteiger partial charge in [0, 0.05) is 24.0 Å². The number of rotatable bonds is 4. The second-order valence-corrected chi connectivity index (χ2v) is 5.67. The van der Waals surface area contributed by atoms with Gasteiger partial charge in [0.05, 0.1) is 5.92 Å². The van der Waals surface area contributed by atoms with Crippen molar-refractivity contribution in [3.8, 4) is 0 Å². The minimum atomic E-state index is -0.662. The molecule has 1 aromatic rings. The van der Waals surface area contributed by atoms with Crippen LogP contribution in [0.15, 0.2) is 17.5 Å². The van der Waals surface area contributed by atoms with Crippen LogP contribution in [0.4, 0.5) is 0 Å². The van der Waals surface area contributed by atoms with Crippen molar-refractivity contribution in [2.75, 3.05) is 13.1 Å².